The fourth-order valence-electron chi connectivity index (χ4n) is 1.94. The molecule has 0 aliphatic carbocycles. The molecule has 2 rings (SSSR count). The molecule has 2 aromatic rings. The summed E-state index contributed by atoms with van der Waals surface area (Å²) in [4.78, 5) is 0. The molecular formula is C16H12F4O2S. The molecule has 7 heteroatoms. The Bertz CT molecular complexity index is 807. The number of hydrogen-bond donors (Lipinski definition) is 0. The molecule has 0 aromatic heterocycles. The van der Waals surface area contributed by atoms with Crippen molar-refractivity contribution in [2.24, 2.45) is 0 Å². The number of benzene rings is 2. The van der Waals surface area contributed by atoms with Crippen LogP contribution in [0, 0.1) is 5.82 Å². The Hall–Kier alpha value is -2.15. The Morgan fingerprint density at radius 1 is 0.957 bits per heavy atom. The summed E-state index contributed by atoms with van der Waals surface area (Å²) < 4.78 is 75.2. The minimum Gasteiger partial charge on any atom is -0.224 e. The topological polar surface area (TPSA) is 34.1 Å². The lowest BCUT2D eigenvalue weighted by atomic mass is 10.1. The molecule has 122 valence electrons. The first kappa shape index (κ1) is 17.2. The molecule has 0 heterocycles. The summed E-state index contributed by atoms with van der Waals surface area (Å²) in [7, 11) is -3.78. The van der Waals surface area contributed by atoms with Crippen LogP contribution in [-0.4, -0.2) is 8.42 Å². The van der Waals surface area contributed by atoms with Crippen LogP contribution in [0.3, 0.4) is 0 Å². The Morgan fingerprint density at radius 2 is 1.57 bits per heavy atom. The van der Waals surface area contributed by atoms with Gasteiger partial charge in [-0.3, -0.25) is 0 Å². The van der Waals surface area contributed by atoms with Crippen LogP contribution in [0.25, 0.3) is 6.08 Å². The third-order valence-electron chi connectivity index (χ3n) is 3.00. The predicted octanol–water partition coefficient (Wildman–Crippen LogP) is 4.43. The van der Waals surface area contributed by atoms with Gasteiger partial charge in [0, 0.05) is 5.41 Å². The monoisotopic (exact) mass is 344 g/mol. The van der Waals surface area contributed by atoms with Crippen LogP contribution < -0.4 is 0 Å². The largest absolute Gasteiger partial charge is 0.416 e. The van der Waals surface area contributed by atoms with Crippen LogP contribution in [0.1, 0.15) is 16.7 Å². The van der Waals surface area contributed by atoms with Crippen molar-refractivity contribution in [3.8, 4) is 0 Å². The number of alkyl halides is 3. The van der Waals surface area contributed by atoms with Gasteiger partial charge in [-0.05, 0) is 35.4 Å². The molecule has 0 saturated carbocycles. The maximum absolute atomic E-state index is 12.8. The van der Waals surface area contributed by atoms with Crippen molar-refractivity contribution in [1.29, 1.82) is 0 Å². The Balaban J connectivity index is 2.24. The maximum atomic E-state index is 12.8. The summed E-state index contributed by atoms with van der Waals surface area (Å²) >= 11 is 0. The summed E-state index contributed by atoms with van der Waals surface area (Å²) in [6, 6.07) is 9.55. The van der Waals surface area contributed by atoms with Crippen molar-refractivity contribution in [2.75, 3.05) is 0 Å². The predicted molar refractivity (Wildman–Crippen MR) is 79.5 cm³/mol. The molecule has 23 heavy (non-hydrogen) atoms. The molecule has 0 fully saturated rings. The quantitative estimate of drug-likeness (QED) is 0.769. The van der Waals surface area contributed by atoms with Gasteiger partial charge in [-0.25, -0.2) is 12.8 Å². The van der Waals surface area contributed by atoms with Gasteiger partial charge < -0.3 is 0 Å². The Labute approximate surface area is 131 Å². The van der Waals surface area contributed by atoms with Gasteiger partial charge >= 0.3 is 6.18 Å². The zero-order valence-electron chi connectivity index (χ0n) is 11.7. The summed E-state index contributed by atoms with van der Waals surface area (Å²) in [6.45, 7) is 0. The summed E-state index contributed by atoms with van der Waals surface area (Å²) in [5.41, 5.74) is -0.795. The third-order valence-corrected chi connectivity index (χ3v) is 4.29. The van der Waals surface area contributed by atoms with E-state index in [9.17, 15) is 26.0 Å². The van der Waals surface area contributed by atoms with Crippen molar-refractivity contribution in [3.63, 3.8) is 0 Å². The van der Waals surface area contributed by atoms with Crippen LogP contribution in [0.5, 0.6) is 0 Å². The minimum atomic E-state index is -4.57. The zero-order valence-corrected chi connectivity index (χ0v) is 12.5. The highest BCUT2D eigenvalue weighted by Crippen LogP contribution is 2.32. The van der Waals surface area contributed by atoms with E-state index in [1.807, 2.05) is 0 Å². The number of sulfone groups is 1. The molecule has 2 nitrogen and oxygen atoms in total. The molecule has 2 aromatic carbocycles. The molecule has 0 bridgehead atoms. The van der Waals surface area contributed by atoms with Crippen LogP contribution in [0.4, 0.5) is 17.6 Å². The molecule has 0 amide bonds. The normalized spacial score (nSPS) is 12.7. The highest BCUT2D eigenvalue weighted by atomic mass is 32.2. The fraction of sp³-hybridized carbons (Fsp3) is 0.125. The van der Waals surface area contributed by atoms with Gasteiger partial charge in [0.05, 0.1) is 11.3 Å². The average Bonchev–Trinajstić information content (AvgIpc) is 2.47. The molecule has 0 unspecified atom stereocenters. The molecule has 0 spiro atoms. The summed E-state index contributed by atoms with van der Waals surface area (Å²) in [5, 5.41) is 0.737. The zero-order chi connectivity index (χ0) is 17.1. The Kier molecular flexibility index (Phi) is 4.89. The smallest absolute Gasteiger partial charge is 0.224 e. The van der Waals surface area contributed by atoms with Gasteiger partial charge in [0.2, 0.25) is 0 Å². The lowest BCUT2D eigenvalue weighted by molar-refractivity contribution is -0.137. The summed E-state index contributed by atoms with van der Waals surface area (Å²) in [5.74, 6) is -0.918. The average molecular weight is 344 g/mol. The van der Waals surface area contributed by atoms with Gasteiger partial charge in [-0.2, -0.15) is 13.2 Å². The van der Waals surface area contributed by atoms with E-state index in [1.165, 1.54) is 30.3 Å². The first-order valence-corrected chi connectivity index (χ1v) is 8.20. The van der Waals surface area contributed by atoms with E-state index in [0.717, 1.165) is 29.7 Å². The number of rotatable bonds is 4. The fourth-order valence-corrected chi connectivity index (χ4v) is 3.05. The van der Waals surface area contributed by atoms with Crippen LogP contribution in [0.2, 0.25) is 0 Å². The SMILES string of the molecule is O=S(=O)(/C=C/c1ccccc1C(F)(F)F)Cc1ccc(F)cc1. The Morgan fingerprint density at radius 3 is 2.17 bits per heavy atom. The third kappa shape index (κ3) is 4.92. The van der Waals surface area contributed by atoms with Crippen molar-refractivity contribution < 1.29 is 26.0 Å². The highest BCUT2D eigenvalue weighted by molar-refractivity contribution is 7.93. The van der Waals surface area contributed by atoms with E-state index in [1.54, 1.807) is 0 Å². The van der Waals surface area contributed by atoms with E-state index >= 15 is 0 Å². The standard InChI is InChI=1S/C16H12F4O2S/c17-14-7-5-12(6-8-14)11-23(21,22)10-9-13-3-1-2-4-15(13)16(18,19)20/h1-10H,11H2/b10-9+. The molecule has 0 radical (unpaired) electrons. The van der Waals surface area contributed by atoms with Gasteiger partial charge in [0.25, 0.3) is 0 Å². The molecule has 0 saturated heterocycles. The first-order valence-electron chi connectivity index (χ1n) is 6.49. The lowest BCUT2D eigenvalue weighted by Crippen LogP contribution is -2.07. The number of halogens is 4. The van der Waals surface area contributed by atoms with Crippen molar-refractivity contribution in [3.05, 3.63) is 76.4 Å². The molecule has 0 N–H and O–H groups in total. The van der Waals surface area contributed by atoms with Gasteiger partial charge in [-0.1, -0.05) is 30.3 Å². The van der Waals surface area contributed by atoms with E-state index in [0.29, 0.717) is 5.56 Å². The van der Waals surface area contributed by atoms with Crippen molar-refractivity contribution in [1.82, 2.24) is 0 Å². The second-order valence-corrected chi connectivity index (χ2v) is 6.71. The van der Waals surface area contributed by atoms with Crippen LogP contribution in [0.15, 0.2) is 53.9 Å². The first-order chi connectivity index (χ1) is 10.7. The van der Waals surface area contributed by atoms with E-state index in [4.69, 9.17) is 0 Å². The van der Waals surface area contributed by atoms with Crippen molar-refractivity contribution >= 4 is 15.9 Å². The van der Waals surface area contributed by atoms with E-state index in [-0.39, 0.29) is 5.56 Å². The van der Waals surface area contributed by atoms with E-state index in [2.05, 4.69) is 0 Å². The van der Waals surface area contributed by atoms with Crippen LogP contribution >= 0.6 is 0 Å². The summed E-state index contributed by atoms with van der Waals surface area (Å²) in [6.07, 6.45) is -3.65. The van der Waals surface area contributed by atoms with E-state index < -0.39 is 33.1 Å². The van der Waals surface area contributed by atoms with Crippen molar-refractivity contribution in [2.45, 2.75) is 11.9 Å². The van der Waals surface area contributed by atoms with Gasteiger partial charge in [-0.15, -0.1) is 0 Å². The molecular weight excluding hydrogens is 332 g/mol. The van der Waals surface area contributed by atoms with Gasteiger partial charge in [0.1, 0.15) is 5.82 Å². The lowest BCUT2D eigenvalue weighted by Gasteiger charge is -2.09. The minimum absolute atomic E-state index is 0.234. The maximum Gasteiger partial charge on any atom is 0.416 e. The second-order valence-electron chi connectivity index (χ2n) is 4.82. The molecule has 0 atom stereocenters. The molecule has 0 aliphatic rings. The van der Waals surface area contributed by atoms with Crippen LogP contribution in [-0.2, 0) is 21.8 Å². The van der Waals surface area contributed by atoms with Gasteiger partial charge in [0.15, 0.2) is 9.84 Å². The molecule has 0 aliphatic heterocycles. The number of hydrogen-bond acceptors (Lipinski definition) is 2. The second kappa shape index (κ2) is 6.54. The highest BCUT2D eigenvalue weighted by Gasteiger charge is 2.32.